The third kappa shape index (κ3) is 3.60. The van der Waals surface area contributed by atoms with E-state index >= 15 is 0 Å². The van der Waals surface area contributed by atoms with Crippen molar-refractivity contribution in [1.82, 2.24) is 19.3 Å². The molecule has 0 bridgehead atoms. The molecule has 0 saturated heterocycles. The molecule has 8 nitrogen and oxygen atoms in total. The summed E-state index contributed by atoms with van der Waals surface area (Å²) in [6.45, 7) is 0.285. The van der Waals surface area contributed by atoms with E-state index in [1.807, 2.05) is 41.0 Å². The molecule has 4 aromatic rings. The van der Waals surface area contributed by atoms with Crippen LogP contribution in [-0.2, 0) is 16.6 Å². The average molecular weight is 439 g/mol. The van der Waals surface area contributed by atoms with E-state index in [1.165, 1.54) is 0 Å². The fourth-order valence-corrected chi connectivity index (χ4v) is 5.03. The zero-order chi connectivity index (χ0) is 21.6. The quantitative estimate of drug-likeness (QED) is 0.476. The van der Waals surface area contributed by atoms with Crippen LogP contribution in [0.25, 0.3) is 27.6 Å². The molecule has 0 spiro atoms. The Bertz CT molecular complexity index is 1380. The number of sulfonamides is 1. The smallest absolute Gasteiger partial charge is 0.214 e. The fraction of sp³-hybridized carbons (Fsp3) is 0.273. The minimum atomic E-state index is -3.20. The van der Waals surface area contributed by atoms with Crippen LogP contribution in [0, 0.1) is 0 Å². The molecule has 9 heteroatoms. The normalized spacial score (nSPS) is 14.3. The molecule has 1 N–H and O–H groups in total. The fourth-order valence-electron chi connectivity index (χ4n) is 3.67. The van der Waals surface area contributed by atoms with Gasteiger partial charge in [0.1, 0.15) is 11.8 Å². The summed E-state index contributed by atoms with van der Waals surface area (Å²) in [7, 11) is -0.000496. The highest BCUT2D eigenvalue weighted by molar-refractivity contribution is 7.90. The summed E-state index contributed by atoms with van der Waals surface area (Å²) in [4.78, 5) is 9.00. The third-order valence-corrected chi connectivity index (χ3v) is 7.43. The zero-order valence-corrected chi connectivity index (χ0v) is 18.0. The van der Waals surface area contributed by atoms with Crippen molar-refractivity contribution in [2.45, 2.75) is 24.6 Å². The number of aromatic nitrogens is 3. The molecule has 1 saturated carbocycles. The number of ether oxygens (including phenoxy) is 2. The first-order valence-corrected chi connectivity index (χ1v) is 11.5. The molecule has 0 radical (unpaired) electrons. The summed E-state index contributed by atoms with van der Waals surface area (Å²) >= 11 is 0. The number of nitrogens with zero attached hydrogens (tertiary/aromatic N) is 3. The molecular formula is C22H22N4O4S. The van der Waals surface area contributed by atoms with E-state index in [9.17, 15) is 8.42 Å². The predicted molar refractivity (Wildman–Crippen MR) is 118 cm³/mol. The van der Waals surface area contributed by atoms with E-state index in [0.717, 1.165) is 46.0 Å². The highest BCUT2D eigenvalue weighted by atomic mass is 32.2. The standard InChI is InChI=1S/C22H22N4O4S/c1-29-20-9-17-18(10-21(20)30-2)23-12-19-22(17)26(13-24-19)15-5-3-14(4-6-15)11-25-31(27,28)16-7-8-16/h3-6,9-10,12-13,16,25H,7-8,11H2,1-2H3. The van der Waals surface area contributed by atoms with Gasteiger partial charge in [0.25, 0.3) is 0 Å². The van der Waals surface area contributed by atoms with Crippen LogP contribution >= 0.6 is 0 Å². The van der Waals surface area contributed by atoms with Crippen LogP contribution in [0.2, 0.25) is 0 Å². The molecule has 31 heavy (non-hydrogen) atoms. The van der Waals surface area contributed by atoms with E-state index in [-0.39, 0.29) is 11.8 Å². The van der Waals surface area contributed by atoms with Crippen LogP contribution in [-0.4, -0.2) is 42.4 Å². The van der Waals surface area contributed by atoms with Gasteiger partial charge in [0, 0.05) is 23.7 Å². The first kappa shape index (κ1) is 19.8. The highest BCUT2D eigenvalue weighted by Gasteiger charge is 2.35. The number of methoxy groups -OCH3 is 2. The van der Waals surface area contributed by atoms with Crippen molar-refractivity contribution in [3.8, 4) is 17.2 Å². The number of imidazole rings is 1. The maximum Gasteiger partial charge on any atom is 0.214 e. The Morgan fingerprint density at radius 2 is 1.74 bits per heavy atom. The molecule has 2 aromatic carbocycles. The molecule has 0 atom stereocenters. The molecule has 160 valence electrons. The predicted octanol–water partition coefficient (Wildman–Crippen LogP) is 3.17. The van der Waals surface area contributed by atoms with Gasteiger partial charge in [-0.05, 0) is 36.6 Å². The largest absolute Gasteiger partial charge is 0.493 e. The van der Waals surface area contributed by atoms with Crippen molar-refractivity contribution in [3.63, 3.8) is 0 Å². The first-order chi connectivity index (χ1) is 15.0. The van der Waals surface area contributed by atoms with Crippen LogP contribution in [0.1, 0.15) is 18.4 Å². The molecule has 1 fully saturated rings. The lowest BCUT2D eigenvalue weighted by Crippen LogP contribution is -2.26. The van der Waals surface area contributed by atoms with E-state index in [1.54, 1.807) is 26.7 Å². The number of pyridine rings is 1. The Morgan fingerprint density at radius 3 is 2.42 bits per heavy atom. The number of rotatable bonds is 7. The third-order valence-electron chi connectivity index (χ3n) is 5.53. The number of hydrogen-bond acceptors (Lipinski definition) is 6. The Hall–Kier alpha value is -3.17. The van der Waals surface area contributed by atoms with Gasteiger partial charge >= 0.3 is 0 Å². The minimum absolute atomic E-state index is 0.221. The zero-order valence-electron chi connectivity index (χ0n) is 17.2. The molecule has 2 heterocycles. The number of benzene rings is 2. The van der Waals surface area contributed by atoms with Crippen molar-refractivity contribution < 1.29 is 17.9 Å². The average Bonchev–Trinajstić information content (AvgIpc) is 3.57. The van der Waals surface area contributed by atoms with Crippen LogP contribution < -0.4 is 14.2 Å². The van der Waals surface area contributed by atoms with E-state index in [2.05, 4.69) is 14.7 Å². The van der Waals surface area contributed by atoms with Gasteiger partial charge in [0.15, 0.2) is 11.5 Å². The van der Waals surface area contributed by atoms with Crippen molar-refractivity contribution in [1.29, 1.82) is 0 Å². The molecule has 0 aliphatic heterocycles. The summed E-state index contributed by atoms with van der Waals surface area (Å²) in [6, 6.07) is 11.5. The lowest BCUT2D eigenvalue weighted by atomic mass is 10.1. The number of nitrogens with one attached hydrogen (secondary N) is 1. The van der Waals surface area contributed by atoms with Gasteiger partial charge in [0.2, 0.25) is 10.0 Å². The molecule has 1 aliphatic rings. The second-order valence-electron chi connectivity index (χ2n) is 7.56. The summed E-state index contributed by atoms with van der Waals surface area (Å²) in [5.41, 5.74) is 4.26. The maximum atomic E-state index is 12.0. The van der Waals surface area contributed by atoms with Crippen molar-refractivity contribution in [2.75, 3.05) is 14.2 Å². The first-order valence-electron chi connectivity index (χ1n) is 9.96. The van der Waals surface area contributed by atoms with Gasteiger partial charge in [-0.3, -0.25) is 9.55 Å². The molecule has 5 rings (SSSR count). The molecule has 0 amide bonds. The lowest BCUT2D eigenvalue weighted by Gasteiger charge is -2.11. The van der Waals surface area contributed by atoms with E-state index < -0.39 is 10.0 Å². The summed E-state index contributed by atoms with van der Waals surface area (Å²) in [5.74, 6) is 1.24. The van der Waals surface area contributed by atoms with Crippen molar-refractivity contribution in [3.05, 3.63) is 54.5 Å². The number of fused-ring (bicyclic) bond motifs is 3. The van der Waals surface area contributed by atoms with Crippen LogP contribution in [0.4, 0.5) is 0 Å². The van der Waals surface area contributed by atoms with Gasteiger partial charge in [-0.25, -0.2) is 18.1 Å². The van der Waals surface area contributed by atoms with Gasteiger partial charge < -0.3 is 9.47 Å². The Kier molecular flexibility index (Phi) is 4.79. The van der Waals surface area contributed by atoms with Gasteiger partial charge in [0.05, 0.1) is 36.7 Å². The Labute approximate surface area is 179 Å². The second-order valence-corrected chi connectivity index (χ2v) is 9.61. The van der Waals surface area contributed by atoms with Crippen molar-refractivity contribution in [2.24, 2.45) is 0 Å². The van der Waals surface area contributed by atoms with Gasteiger partial charge in [-0.15, -0.1) is 0 Å². The summed E-state index contributed by atoms with van der Waals surface area (Å²) in [6.07, 6.45) is 5.00. The van der Waals surface area contributed by atoms with Crippen LogP contribution in [0.5, 0.6) is 11.5 Å². The highest BCUT2D eigenvalue weighted by Crippen LogP contribution is 2.35. The van der Waals surface area contributed by atoms with Gasteiger partial charge in [-0.2, -0.15) is 0 Å². The SMILES string of the molecule is COc1cc2ncc3ncn(-c4ccc(CNS(=O)(=O)C5CC5)cc4)c3c2cc1OC. The molecular weight excluding hydrogens is 416 g/mol. The van der Waals surface area contributed by atoms with Crippen molar-refractivity contribution >= 4 is 32.0 Å². The molecule has 0 unspecified atom stereocenters. The maximum absolute atomic E-state index is 12.0. The van der Waals surface area contributed by atoms with E-state index in [0.29, 0.717) is 11.5 Å². The number of hydrogen-bond donors (Lipinski definition) is 1. The van der Waals surface area contributed by atoms with E-state index in [4.69, 9.17) is 9.47 Å². The van der Waals surface area contributed by atoms with Gasteiger partial charge in [-0.1, -0.05) is 12.1 Å². The minimum Gasteiger partial charge on any atom is -0.493 e. The van der Waals surface area contributed by atoms with Crippen LogP contribution in [0.15, 0.2) is 48.9 Å². The Morgan fingerprint density at radius 1 is 1.03 bits per heavy atom. The second kappa shape index (κ2) is 7.51. The summed E-state index contributed by atoms with van der Waals surface area (Å²) < 4.78 is 39.6. The lowest BCUT2D eigenvalue weighted by molar-refractivity contribution is 0.356. The van der Waals surface area contributed by atoms with Crippen LogP contribution in [0.3, 0.4) is 0 Å². The topological polar surface area (TPSA) is 95.3 Å². The molecule has 2 aromatic heterocycles. The molecule has 1 aliphatic carbocycles. The monoisotopic (exact) mass is 438 g/mol. The Balaban J connectivity index is 1.51. The summed E-state index contributed by atoms with van der Waals surface area (Å²) in [5, 5.41) is 0.676.